The number of rotatable bonds is 5. The smallest absolute Gasteiger partial charge is 0.140 e. The van der Waals surface area contributed by atoms with Crippen LogP contribution in [0.5, 0.6) is 5.75 Å². The molecule has 88 valence electrons. The lowest BCUT2D eigenvalue weighted by Gasteiger charge is -2.36. The number of hydrogen-bond acceptors (Lipinski definition) is 3. The van der Waals surface area contributed by atoms with Gasteiger partial charge in [0.05, 0.1) is 12.8 Å². The van der Waals surface area contributed by atoms with Gasteiger partial charge in [-0.05, 0) is 44.0 Å². The van der Waals surface area contributed by atoms with E-state index in [1.54, 1.807) is 7.11 Å². The van der Waals surface area contributed by atoms with Crippen LogP contribution in [0.15, 0.2) is 18.3 Å². The summed E-state index contributed by atoms with van der Waals surface area (Å²) in [4.78, 5) is 4.48. The van der Waals surface area contributed by atoms with Gasteiger partial charge in [-0.1, -0.05) is 6.92 Å². The fourth-order valence-corrected chi connectivity index (χ4v) is 2.36. The zero-order chi connectivity index (χ0) is 11.4. The average Bonchev–Trinajstić information content (AvgIpc) is 2.29. The van der Waals surface area contributed by atoms with Gasteiger partial charge >= 0.3 is 0 Å². The highest BCUT2D eigenvalue weighted by molar-refractivity contribution is 5.31. The monoisotopic (exact) mass is 220 g/mol. The molecule has 1 aromatic rings. The van der Waals surface area contributed by atoms with Gasteiger partial charge in [0.15, 0.2) is 0 Å². The van der Waals surface area contributed by atoms with Crippen molar-refractivity contribution in [2.24, 2.45) is 5.92 Å². The van der Waals surface area contributed by atoms with Crippen molar-refractivity contribution in [1.82, 2.24) is 10.3 Å². The summed E-state index contributed by atoms with van der Waals surface area (Å²) in [6, 6.07) is 3.94. The second kappa shape index (κ2) is 5.30. The Kier molecular flexibility index (Phi) is 3.78. The lowest BCUT2D eigenvalue weighted by Crippen LogP contribution is -2.34. The molecule has 1 N–H and O–H groups in total. The Balaban J connectivity index is 2.06. The second-order valence-corrected chi connectivity index (χ2v) is 4.34. The third-order valence-corrected chi connectivity index (χ3v) is 3.44. The summed E-state index contributed by atoms with van der Waals surface area (Å²) in [5.41, 5.74) is 1.14. The van der Waals surface area contributed by atoms with Gasteiger partial charge in [-0.15, -0.1) is 0 Å². The molecule has 0 radical (unpaired) electrons. The molecule has 0 amide bonds. The summed E-state index contributed by atoms with van der Waals surface area (Å²) in [6.07, 6.45) is 4.40. The molecular weight excluding hydrogens is 200 g/mol. The van der Waals surface area contributed by atoms with E-state index in [0.29, 0.717) is 5.92 Å². The number of pyridine rings is 1. The van der Waals surface area contributed by atoms with Crippen molar-refractivity contribution in [2.45, 2.75) is 25.7 Å². The molecular formula is C13H20N2O. The zero-order valence-electron chi connectivity index (χ0n) is 10.1. The predicted octanol–water partition coefficient (Wildman–Crippen LogP) is 2.19. The maximum Gasteiger partial charge on any atom is 0.140 e. The van der Waals surface area contributed by atoms with Gasteiger partial charge in [0.25, 0.3) is 0 Å². The highest BCUT2D eigenvalue weighted by Gasteiger charge is 2.34. The van der Waals surface area contributed by atoms with Crippen LogP contribution in [0, 0.1) is 5.92 Å². The number of hydrogen-bond donors (Lipinski definition) is 1. The number of methoxy groups -OCH3 is 1. The first-order valence-corrected chi connectivity index (χ1v) is 6.06. The van der Waals surface area contributed by atoms with Crippen LogP contribution >= 0.6 is 0 Å². The van der Waals surface area contributed by atoms with Gasteiger partial charge in [0.2, 0.25) is 0 Å². The summed E-state index contributed by atoms with van der Waals surface area (Å²) in [7, 11) is 1.72. The summed E-state index contributed by atoms with van der Waals surface area (Å²) in [5.74, 6) is 2.24. The molecule has 3 nitrogen and oxygen atoms in total. The average molecular weight is 220 g/mol. The highest BCUT2D eigenvalue weighted by Crippen LogP contribution is 2.44. The molecule has 1 aliphatic carbocycles. The Morgan fingerprint density at radius 1 is 1.50 bits per heavy atom. The quantitative estimate of drug-likeness (QED) is 0.826. The number of ether oxygens (including phenoxy) is 1. The molecule has 1 aliphatic rings. The molecule has 0 bridgehead atoms. The minimum atomic E-state index is 0.579. The van der Waals surface area contributed by atoms with Crippen LogP contribution in [0.25, 0.3) is 0 Å². The summed E-state index contributed by atoms with van der Waals surface area (Å²) in [6.45, 7) is 4.29. The normalized spacial score (nSPS) is 23.9. The van der Waals surface area contributed by atoms with Gasteiger partial charge in [-0.2, -0.15) is 0 Å². The molecule has 0 saturated heterocycles. The molecule has 2 unspecified atom stereocenters. The molecule has 1 fully saturated rings. The van der Waals surface area contributed by atoms with Crippen LogP contribution in [0.4, 0.5) is 0 Å². The fourth-order valence-electron chi connectivity index (χ4n) is 2.36. The van der Waals surface area contributed by atoms with Crippen molar-refractivity contribution in [2.75, 3.05) is 20.2 Å². The van der Waals surface area contributed by atoms with E-state index in [1.165, 1.54) is 12.8 Å². The largest absolute Gasteiger partial charge is 0.495 e. The van der Waals surface area contributed by atoms with Crippen LogP contribution in [-0.4, -0.2) is 25.2 Å². The zero-order valence-corrected chi connectivity index (χ0v) is 10.1. The van der Waals surface area contributed by atoms with Crippen molar-refractivity contribution >= 4 is 0 Å². The topological polar surface area (TPSA) is 34.2 Å². The van der Waals surface area contributed by atoms with Gasteiger partial charge in [0.1, 0.15) is 5.75 Å². The van der Waals surface area contributed by atoms with Gasteiger partial charge < -0.3 is 10.1 Å². The number of nitrogens with zero attached hydrogens (tertiary/aromatic N) is 1. The molecule has 1 saturated carbocycles. The van der Waals surface area contributed by atoms with Crippen molar-refractivity contribution in [3.63, 3.8) is 0 Å². The predicted molar refractivity (Wildman–Crippen MR) is 64.8 cm³/mol. The SMILES string of the molecule is CCNCC1CCC1c1ncccc1OC. The van der Waals surface area contributed by atoms with Crippen molar-refractivity contribution in [3.8, 4) is 5.75 Å². The van der Waals surface area contributed by atoms with Crippen LogP contribution in [-0.2, 0) is 0 Å². The van der Waals surface area contributed by atoms with Crippen molar-refractivity contribution in [1.29, 1.82) is 0 Å². The molecule has 2 atom stereocenters. The van der Waals surface area contributed by atoms with Gasteiger partial charge in [-0.25, -0.2) is 0 Å². The van der Waals surface area contributed by atoms with Gasteiger partial charge in [-0.3, -0.25) is 4.98 Å². The van der Waals surface area contributed by atoms with E-state index in [2.05, 4.69) is 17.2 Å². The summed E-state index contributed by atoms with van der Waals surface area (Å²) < 4.78 is 5.37. The third kappa shape index (κ3) is 2.19. The molecule has 0 aromatic carbocycles. The Morgan fingerprint density at radius 3 is 3.00 bits per heavy atom. The summed E-state index contributed by atoms with van der Waals surface area (Å²) >= 11 is 0. The van der Waals surface area contributed by atoms with E-state index in [0.717, 1.165) is 30.5 Å². The lowest BCUT2D eigenvalue weighted by molar-refractivity contribution is 0.236. The number of nitrogens with one attached hydrogen (secondary N) is 1. The van der Waals surface area contributed by atoms with Crippen LogP contribution < -0.4 is 10.1 Å². The highest BCUT2D eigenvalue weighted by atomic mass is 16.5. The van der Waals surface area contributed by atoms with Crippen LogP contribution in [0.2, 0.25) is 0 Å². The van der Waals surface area contributed by atoms with E-state index >= 15 is 0 Å². The first kappa shape index (κ1) is 11.4. The van der Waals surface area contributed by atoms with E-state index in [4.69, 9.17) is 4.74 Å². The molecule has 3 heteroatoms. The van der Waals surface area contributed by atoms with Crippen LogP contribution in [0.1, 0.15) is 31.4 Å². The van der Waals surface area contributed by atoms with Gasteiger partial charge in [0, 0.05) is 12.1 Å². The van der Waals surface area contributed by atoms with Crippen molar-refractivity contribution in [3.05, 3.63) is 24.0 Å². The molecule has 1 heterocycles. The minimum absolute atomic E-state index is 0.579. The lowest BCUT2D eigenvalue weighted by atomic mass is 9.71. The van der Waals surface area contributed by atoms with E-state index in [9.17, 15) is 0 Å². The standard InChI is InChI=1S/C13H20N2O/c1-3-14-9-10-6-7-11(10)13-12(16-2)5-4-8-15-13/h4-5,8,10-11,14H,3,6-7,9H2,1-2H3. The van der Waals surface area contributed by atoms with E-state index < -0.39 is 0 Å². The Morgan fingerprint density at radius 2 is 2.38 bits per heavy atom. The first-order chi connectivity index (χ1) is 7.86. The first-order valence-electron chi connectivity index (χ1n) is 6.06. The van der Waals surface area contributed by atoms with Crippen molar-refractivity contribution < 1.29 is 4.74 Å². The van der Waals surface area contributed by atoms with E-state index in [1.807, 2.05) is 18.3 Å². The third-order valence-electron chi connectivity index (χ3n) is 3.44. The molecule has 1 aromatic heterocycles. The summed E-state index contributed by atoms with van der Waals surface area (Å²) in [5, 5.41) is 3.42. The molecule has 2 rings (SSSR count). The molecule has 0 aliphatic heterocycles. The Hall–Kier alpha value is -1.09. The molecule has 0 spiro atoms. The van der Waals surface area contributed by atoms with E-state index in [-0.39, 0.29) is 0 Å². The Labute approximate surface area is 97.2 Å². The fraction of sp³-hybridized carbons (Fsp3) is 0.615. The number of aromatic nitrogens is 1. The Bertz CT molecular complexity index is 340. The maximum atomic E-state index is 5.37. The minimum Gasteiger partial charge on any atom is -0.495 e. The maximum absolute atomic E-state index is 5.37. The molecule has 16 heavy (non-hydrogen) atoms. The second-order valence-electron chi connectivity index (χ2n) is 4.34. The van der Waals surface area contributed by atoms with Crippen LogP contribution in [0.3, 0.4) is 0 Å².